The first-order valence-electron chi connectivity index (χ1n) is 8.16. The summed E-state index contributed by atoms with van der Waals surface area (Å²) < 4.78 is 4.91. The number of hydrogen-bond acceptors (Lipinski definition) is 5. The Morgan fingerprint density at radius 1 is 1.15 bits per heavy atom. The number of aryl methyl sites for hydroxylation is 1. The van der Waals surface area contributed by atoms with E-state index in [2.05, 4.69) is 15.5 Å². The van der Waals surface area contributed by atoms with Crippen LogP contribution in [0.2, 0.25) is 0 Å². The number of benzene rings is 1. The summed E-state index contributed by atoms with van der Waals surface area (Å²) in [6.07, 6.45) is 1.44. The van der Waals surface area contributed by atoms with Crippen LogP contribution in [0.15, 0.2) is 59.3 Å². The number of aromatic nitrogens is 2. The van der Waals surface area contributed by atoms with Gasteiger partial charge in [-0.15, -0.1) is 0 Å². The molecule has 1 aromatic carbocycles. The number of para-hydroxylation sites is 1. The predicted octanol–water partition coefficient (Wildman–Crippen LogP) is 3.30. The van der Waals surface area contributed by atoms with E-state index < -0.39 is 5.91 Å². The predicted molar refractivity (Wildman–Crippen MR) is 97.2 cm³/mol. The van der Waals surface area contributed by atoms with E-state index in [1.54, 1.807) is 24.0 Å². The normalized spacial score (nSPS) is 10.4. The molecular formula is C19H18N4O3. The van der Waals surface area contributed by atoms with Gasteiger partial charge in [-0.05, 0) is 38.1 Å². The third-order valence-corrected chi connectivity index (χ3v) is 3.74. The van der Waals surface area contributed by atoms with Crippen molar-refractivity contribution in [2.75, 3.05) is 16.8 Å². The molecule has 7 nitrogen and oxygen atoms in total. The molecule has 3 aromatic rings. The monoisotopic (exact) mass is 350 g/mol. The number of nitrogens with one attached hydrogen (secondary N) is 1. The molecule has 0 bridgehead atoms. The Hall–Kier alpha value is -3.48. The molecule has 0 unspecified atom stereocenters. The molecule has 0 saturated heterocycles. The van der Waals surface area contributed by atoms with Gasteiger partial charge in [0, 0.05) is 30.1 Å². The first-order valence-corrected chi connectivity index (χ1v) is 8.16. The molecule has 0 radical (unpaired) electrons. The van der Waals surface area contributed by atoms with Gasteiger partial charge in [-0.1, -0.05) is 23.4 Å². The minimum atomic E-state index is -0.462. The minimum Gasteiger partial charge on any atom is -0.360 e. The van der Waals surface area contributed by atoms with Crippen molar-refractivity contribution in [3.8, 4) is 0 Å². The van der Waals surface area contributed by atoms with Crippen molar-refractivity contribution < 1.29 is 14.1 Å². The molecule has 0 spiro atoms. The van der Waals surface area contributed by atoms with Crippen LogP contribution in [0.5, 0.6) is 0 Å². The summed E-state index contributed by atoms with van der Waals surface area (Å²) in [7, 11) is 0. The maximum atomic E-state index is 12.9. The van der Waals surface area contributed by atoms with Gasteiger partial charge in [0.2, 0.25) is 0 Å². The summed E-state index contributed by atoms with van der Waals surface area (Å²) >= 11 is 0. The molecular weight excluding hydrogens is 332 g/mol. The molecule has 0 aliphatic heterocycles. The Balaban J connectivity index is 1.81. The topological polar surface area (TPSA) is 88.3 Å². The largest absolute Gasteiger partial charge is 0.360 e. The standard InChI is InChI=1S/C19H18N4O3/c1-3-23(15-7-5-4-6-8-15)19(25)14-9-10-20-16(12-14)18(24)21-17-11-13(2)26-22-17/h4-12H,3H2,1-2H3,(H,21,22,24). The Labute approximate surface area is 150 Å². The summed E-state index contributed by atoms with van der Waals surface area (Å²) in [6.45, 7) is 4.13. The molecule has 0 aliphatic rings. The van der Waals surface area contributed by atoms with Gasteiger partial charge in [0.1, 0.15) is 11.5 Å². The zero-order valence-corrected chi connectivity index (χ0v) is 14.5. The van der Waals surface area contributed by atoms with Crippen LogP contribution in [0, 0.1) is 6.92 Å². The van der Waals surface area contributed by atoms with Gasteiger partial charge in [-0.2, -0.15) is 0 Å². The molecule has 132 valence electrons. The van der Waals surface area contributed by atoms with E-state index in [9.17, 15) is 9.59 Å². The van der Waals surface area contributed by atoms with Crippen LogP contribution < -0.4 is 10.2 Å². The van der Waals surface area contributed by atoms with E-state index in [4.69, 9.17) is 4.52 Å². The van der Waals surface area contributed by atoms with E-state index in [1.807, 2.05) is 37.3 Å². The van der Waals surface area contributed by atoms with Crippen molar-refractivity contribution in [2.24, 2.45) is 0 Å². The van der Waals surface area contributed by atoms with Gasteiger partial charge >= 0.3 is 0 Å². The highest BCUT2D eigenvalue weighted by Gasteiger charge is 2.18. The number of rotatable bonds is 5. The van der Waals surface area contributed by atoms with Crippen LogP contribution in [0.3, 0.4) is 0 Å². The zero-order valence-electron chi connectivity index (χ0n) is 14.5. The van der Waals surface area contributed by atoms with Crippen molar-refractivity contribution in [1.82, 2.24) is 10.1 Å². The van der Waals surface area contributed by atoms with Gasteiger partial charge < -0.3 is 14.7 Å². The lowest BCUT2D eigenvalue weighted by Gasteiger charge is -2.21. The van der Waals surface area contributed by atoms with Crippen LogP contribution in [-0.2, 0) is 0 Å². The van der Waals surface area contributed by atoms with Crippen LogP contribution in [-0.4, -0.2) is 28.5 Å². The second-order valence-corrected chi connectivity index (χ2v) is 5.59. The number of hydrogen-bond donors (Lipinski definition) is 1. The molecule has 0 atom stereocenters. The van der Waals surface area contributed by atoms with Crippen LogP contribution in [0.4, 0.5) is 11.5 Å². The third kappa shape index (κ3) is 3.77. The second kappa shape index (κ2) is 7.60. The first-order chi connectivity index (χ1) is 12.6. The van der Waals surface area contributed by atoms with Crippen LogP contribution >= 0.6 is 0 Å². The quantitative estimate of drug-likeness (QED) is 0.763. The zero-order chi connectivity index (χ0) is 18.5. The SMILES string of the molecule is CCN(C(=O)c1ccnc(C(=O)Nc2cc(C)on2)c1)c1ccccc1. The number of pyridine rings is 1. The van der Waals surface area contributed by atoms with Crippen molar-refractivity contribution >= 4 is 23.3 Å². The van der Waals surface area contributed by atoms with Gasteiger partial charge in [-0.25, -0.2) is 0 Å². The van der Waals surface area contributed by atoms with Crippen molar-refractivity contribution in [2.45, 2.75) is 13.8 Å². The first kappa shape index (κ1) is 17.3. The third-order valence-electron chi connectivity index (χ3n) is 3.74. The molecule has 2 heterocycles. The lowest BCUT2D eigenvalue weighted by molar-refractivity contribution is 0.0988. The molecule has 0 fully saturated rings. The maximum Gasteiger partial charge on any atom is 0.275 e. The molecule has 1 N–H and O–H groups in total. The van der Waals surface area contributed by atoms with Crippen LogP contribution in [0.1, 0.15) is 33.5 Å². The number of carbonyl (C=O) groups excluding carboxylic acids is 2. The lowest BCUT2D eigenvalue weighted by Crippen LogP contribution is -2.30. The minimum absolute atomic E-state index is 0.126. The average molecular weight is 350 g/mol. The number of carbonyl (C=O) groups is 2. The fourth-order valence-corrected chi connectivity index (χ4v) is 2.50. The maximum absolute atomic E-state index is 12.9. The smallest absolute Gasteiger partial charge is 0.275 e. The highest BCUT2D eigenvalue weighted by atomic mass is 16.5. The number of nitrogens with zero attached hydrogens (tertiary/aromatic N) is 3. The molecule has 2 aromatic heterocycles. The molecule has 2 amide bonds. The van der Waals surface area contributed by atoms with E-state index in [-0.39, 0.29) is 11.6 Å². The highest BCUT2D eigenvalue weighted by molar-refractivity contribution is 6.08. The summed E-state index contributed by atoms with van der Waals surface area (Å²) in [4.78, 5) is 30.9. The second-order valence-electron chi connectivity index (χ2n) is 5.59. The molecule has 0 aliphatic carbocycles. The van der Waals surface area contributed by atoms with E-state index in [0.29, 0.717) is 23.7 Å². The Morgan fingerprint density at radius 3 is 2.58 bits per heavy atom. The molecule has 0 saturated carbocycles. The summed E-state index contributed by atoms with van der Waals surface area (Å²) in [5.41, 5.74) is 1.30. The van der Waals surface area contributed by atoms with Gasteiger partial charge in [0.15, 0.2) is 5.82 Å². The van der Waals surface area contributed by atoms with Crippen molar-refractivity contribution in [3.05, 3.63) is 71.7 Å². The lowest BCUT2D eigenvalue weighted by atomic mass is 10.1. The van der Waals surface area contributed by atoms with Crippen molar-refractivity contribution in [1.29, 1.82) is 0 Å². The summed E-state index contributed by atoms with van der Waals surface area (Å²) in [6, 6.07) is 14.0. The Kier molecular flexibility index (Phi) is 5.07. The van der Waals surface area contributed by atoms with Gasteiger partial charge in [0.25, 0.3) is 11.8 Å². The van der Waals surface area contributed by atoms with Gasteiger partial charge in [0.05, 0.1) is 0 Å². The summed E-state index contributed by atoms with van der Waals surface area (Å²) in [5.74, 6) is 0.215. The van der Waals surface area contributed by atoms with E-state index >= 15 is 0 Å². The van der Waals surface area contributed by atoms with Crippen molar-refractivity contribution in [3.63, 3.8) is 0 Å². The Morgan fingerprint density at radius 2 is 1.92 bits per heavy atom. The molecule has 7 heteroatoms. The highest BCUT2D eigenvalue weighted by Crippen LogP contribution is 2.17. The number of amides is 2. The van der Waals surface area contributed by atoms with E-state index in [0.717, 1.165) is 5.69 Å². The fraction of sp³-hybridized carbons (Fsp3) is 0.158. The van der Waals surface area contributed by atoms with E-state index in [1.165, 1.54) is 12.3 Å². The number of anilines is 2. The Bertz CT molecular complexity index is 921. The van der Waals surface area contributed by atoms with Gasteiger partial charge in [-0.3, -0.25) is 14.6 Å². The summed E-state index contributed by atoms with van der Waals surface area (Å²) in [5, 5.41) is 6.30. The van der Waals surface area contributed by atoms with Crippen LogP contribution in [0.25, 0.3) is 0 Å². The average Bonchev–Trinajstić information content (AvgIpc) is 3.08. The molecule has 26 heavy (non-hydrogen) atoms. The fourth-order valence-electron chi connectivity index (χ4n) is 2.50. The molecule has 3 rings (SSSR count).